The van der Waals surface area contributed by atoms with E-state index in [9.17, 15) is 14.0 Å². The molecule has 2 aromatic carbocycles. The molecule has 0 unspecified atom stereocenters. The smallest absolute Gasteiger partial charge is 0.313 e. The number of likely N-dealkylation sites (N-methyl/N-ethyl adjacent to an activating group) is 1. The second-order valence-electron chi connectivity index (χ2n) is 7.34. The topological polar surface area (TPSA) is 64.7 Å². The monoisotopic (exact) mass is 426 g/mol. The van der Waals surface area contributed by atoms with Gasteiger partial charge in [0.2, 0.25) is 0 Å². The molecule has 0 aliphatic carbocycles. The molecule has 3 aromatic rings. The van der Waals surface area contributed by atoms with Gasteiger partial charge < -0.3 is 20.4 Å². The molecular weight excluding hydrogens is 403 g/mol. The molecule has 1 fully saturated rings. The maximum atomic E-state index is 13.8. The van der Waals surface area contributed by atoms with Crippen LogP contribution in [0.4, 0.5) is 15.8 Å². The molecule has 2 heterocycles. The van der Waals surface area contributed by atoms with Crippen LogP contribution in [-0.4, -0.2) is 49.9 Å². The molecule has 1 aromatic heterocycles. The third-order valence-electron chi connectivity index (χ3n) is 5.16. The number of nitrogens with one attached hydrogen (secondary N) is 2. The van der Waals surface area contributed by atoms with Gasteiger partial charge in [-0.2, -0.15) is 0 Å². The van der Waals surface area contributed by atoms with Gasteiger partial charge in [0.1, 0.15) is 5.82 Å². The van der Waals surface area contributed by atoms with Crippen LogP contribution in [0.15, 0.2) is 48.5 Å². The largest absolute Gasteiger partial charge is 0.367 e. The van der Waals surface area contributed by atoms with Gasteiger partial charge in [-0.05, 0) is 42.8 Å². The zero-order chi connectivity index (χ0) is 21.1. The molecule has 6 nitrogen and oxygen atoms in total. The highest BCUT2D eigenvalue weighted by molar-refractivity contribution is 7.19. The van der Waals surface area contributed by atoms with Crippen LogP contribution in [0, 0.1) is 5.82 Å². The number of piperazine rings is 1. The van der Waals surface area contributed by atoms with E-state index in [4.69, 9.17) is 0 Å². The van der Waals surface area contributed by atoms with E-state index < -0.39 is 17.6 Å². The molecular formula is C22H23FN4O2S. The van der Waals surface area contributed by atoms with Crippen molar-refractivity contribution in [3.05, 3.63) is 59.2 Å². The van der Waals surface area contributed by atoms with Gasteiger partial charge in [0.05, 0.1) is 17.9 Å². The quantitative estimate of drug-likeness (QED) is 0.630. The van der Waals surface area contributed by atoms with Crippen molar-refractivity contribution >= 4 is 44.6 Å². The lowest BCUT2D eigenvalue weighted by atomic mass is 10.2. The molecule has 8 heteroatoms. The van der Waals surface area contributed by atoms with E-state index in [1.54, 1.807) is 17.4 Å². The number of rotatable bonds is 4. The number of anilines is 2. The van der Waals surface area contributed by atoms with Crippen molar-refractivity contribution in [1.82, 2.24) is 10.2 Å². The molecule has 4 rings (SSSR count). The summed E-state index contributed by atoms with van der Waals surface area (Å²) in [6.07, 6.45) is 0. The first-order valence-electron chi connectivity index (χ1n) is 9.79. The van der Waals surface area contributed by atoms with E-state index in [2.05, 4.69) is 20.4 Å². The average Bonchev–Trinajstić information content (AvgIpc) is 3.16. The Balaban J connectivity index is 1.41. The number of hydrogen-bond acceptors (Lipinski definition) is 5. The highest BCUT2D eigenvalue weighted by Crippen LogP contribution is 2.28. The summed E-state index contributed by atoms with van der Waals surface area (Å²) >= 11 is 1.57. The Kier molecular flexibility index (Phi) is 5.96. The second kappa shape index (κ2) is 8.81. The van der Waals surface area contributed by atoms with Crippen molar-refractivity contribution in [2.45, 2.75) is 6.54 Å². The minimum Gasteiger partial charge on any atom is -0.367 e. The van der Waals surface area contributed by atoms with Crippen LogP contribution in [0.3, 0.4) is 0 Å². The third-order valence-corrected chi connectivity index (χ3v) is 6.27. The van der Waals surface area contributed by atoms with Gasteiger partial charge in [-0.3, -0.25) is 9.59 Å². The van der Waals surface area contributed by atoms with Crippen molar-refractivity contribution in [3.8, 4) is 0 Å². The van der Waals surface area contributed by atoms with Crippen molar-refractivity contribution in [2.24, 2.45) is 0 Å². The molecule has 0 saturated carbocycles. The van der Waals surface area contributed by atoms with E-state index in [1.807, 2.05) is 37.4 Å². The molecule has 30 heavy (non-hydrogen) atoms. The lowest BCUT2D eigenvalue weighted by Gasteiger charge is -2.35. The Bertz CT molecular complexity index is 1040. The molecule has 0 bridgehead atoms. The van der Waals surface area contributed by atoms with Crippen LogP contribution in [0.2, 0.25) is 0 Å². The van der Waals surface area contributed by atoms with Crippen LogP contribution in [-0.2, 0) is 16.1 Å². The number of amides is 2. The van der Waals surface area contributed by atoms with Gasteiger partial charge in [0.15, 0.2) is 0 Å². The summed E-state index contributed by atoms with van der Waals surface area (Å²) in [6.45, 7) is 3.55. The van der Waals surface area contributed by atoms with E-state index in [0.29, 0.717) is 5.69 Å². The van der Waals surface area contributed by atoms with Crippen molar-refractivity contribution in [2.75, 3.05) is 43.4 Å². The first-order chi connectivity index (χ1) is 14.5. The highest BCUT2D eigenvalue weighted by Gasteiger charge is 2.21. The van der Waals surface area contributed by atoms with E-state index >= 15 is 0 Å². The van der Waals surface area contributed by atoms with Gasteiger partial charge in [-0.25, -0.2) is 4.39 Å². The van der Waals surface area contributed by atoms with Crippen molar-refractivity contribution in [1.29, 1.82) is 0 Å². The summed E-state index contributed by atoms with van der Waals surface area (Å²) in [4.78, 5) is 30.0. The van der Waals surface area contributed by atoms with E-state index in [-0.39, 0.29) is 6.54 Å². The number of fused-ring (bicyclic) bond motifs is 1. The molecule has 0 spiro atoms. The van der Waals surface area contributed by atoms with Crippen LogP contribution in [0.25, 0.3) is 10.1 Å². The molecule has 1 saturated heterocycles. The zero-order valence-electron chi connectivity index (χ0n) is 16.7. The molecule has 1 aliphatic rings. The van der Waals surface area contributed by atoms with E-state index in [0.717, 1.165) is 46.8 Å². The molecule has 156 valence electrons. The molecule has 2 amide bonds. The summed E-state index contributed by atoms with van der Waals surface area (Å²) in [7, 11) is 2.05. The van der Waals surface area contributed by atoms with Crippen molar-refractivity contribution in [3.63, 3.8) is 0 Å². The lowest BCUT2D eigenvalue weighted by molar-refractivity contribution is -0.136. The van der Waals surface area contributed by atoms with Gasteiger partial charge in [0.25, 0.3) is 0 Å². The maximum Gasteiger partial charge on any atom is 0.313 e. The van der Waals surface area contributed by atoms with Gasteiger partial charge >= 0.3 is 11.8 Å². The first kappa shape index (κ1) is 20.3. The highest BCUT2D eigenvalue weighted by atomic mass is 32.1. The molecule has 2 N–H and O–H groups in total. The second-order valence-corrected chi connectivity index (χ2v) is 8.51. The third kappa shape index (κ3) is 4.60. The number of benzene rings is 2. The number of carbonyl (C=O) groups is 2. The SMILES string of the molecule is CN1CCN(c2ccc(F)cc2NC(=O)C(=O)NCc2cc3ccccc3s2)CC1. The predicted molar refractivity (Wildman–Crippen MR) is 118 cm³/mol. The summed E-state index contributed by atoms with van der Waals surface area (Å²) in [5.41, 5.74) is 1.02. The van der Waals surface area contributed by atoms with Crippen LogP contribution in [0.1, 0.15) is 4.88 Å². The maximum absolute atomic E-state index is 13.8. The Morgan fingerprint density at radius 2 is 1.80 bits per heavy atom. The number of halogens is 1. The van der Waals surface area contributed by atoms with Gasteiger partial charge in [0, 0.05) is 35.8 Å². The standard InChI is InChI=1S/C22H23FN4O2S/c1-26-8-10-27(11-9-26)19-7-6-16(23)13-18(19)25-22(29)21(28)24-14-17-12-15-4-2-3-5-20(15)30-17/h2-7,12-13H,8-11,14H2,1H3,(H,24,28)(H,25,29). The summed E-state index contributed by atoms with van der Waals surface area (Å²) < 4.78 is 14.9. The predicted octanol–water partition coefficient (Wildman–Crippen LogP) is 3.05. The fourth-order valence-corrected chi connectivity index (χ4v) is 4.49. The Labute approximate surface area is 178 Å². The first-order valence-corrected chi connectivity index (χ1v) is 10.6. The Hall–Kier alpha value is -2.97. The number of carbonyl (C=O) groups excluding carboxylic acids is 2. The van der Waals surface area contributed by atoms with Crippen LogP contribution >= 0.6 is 11.3 Å². The molecule has 0 atom stereocenters. The summed E-state index contributed by atoms with van der Waals surface area (Å²) in [5.74, 6) is -2.02. The zero-order valence-corrected chi connectivity index (χ0v) is 17.5. The molecule has 0 radical (unpaired) electrons. The lowest BCUT2D eigenvalue weighted by Crippen LogP contribution is -2.45. The number of hydrogen-bond donors (Lipinski definition) is 2. The van der Waals surface area contributed by atoms with Gasteiger partial charge in [-0.15, -0.1) is 11.3 Å². The summed E-state index contributed by atoms with van der Waals surface area (Å²) in [6, 6.07) is 14.2. The van der Waals surface area contributed by atoms with Crippen LogP contribution < -0.4 is 15.5 Å². The fourth-order valence-electron chi connectivity index (χ4n) is 3.48. The molecule has 1 aliphatic heterocycles. The normalized spacial score (nSPS) is 14.7. The minimum absolute atomic E-state index is 0.264. The Morgan fingerprint density at radius 3 is 2.57 bits per heavy atom. The average molecular weight is 427 g/mol. The van der Waals surface area contributed by atoms with E-state index in [1.165, 1.54) is 12.1 Å². The summed E-state index contributed by atoms with van der Waals surface area (Å²) in [5, 5.41) is 6.33. The fraction of sp³-hybridized carbons (Fsp3) is 0.273. The van der Waals surface area contributed by atoms with Crippen molar-refractivity contribution < 1.29 is 14.0 Å². The number of nitrogens with zero attached hydrogens (tertiary/aromatic N) is 2. The van der Waals surface area contributed by atoms with Crippen LogP contribution in [0.5, 0.6) is 0 Å². The Morgan fingerprint density at radius 1 is 1.03 bits per heavy atom. The van der Waals surface area contributed by atoms with Gasteiger partial charge in [-0.1, -0.05) is 18.2 Å². The number of thiophene rings is 1. The minimum atomic E-state index is -0.808.